The zero-order valence-electron chi connectivity index (χ0n) is 13.3. The summed E-state index contributed by atoms with van der Waals surface area (Å²) in [7, 11) is 0. The molecule has 6 nitrogen and oxygen atoms in total. The number of hydrogen-bond donors (Lipinski definition) is 2. The number of carbonyl (C=O) groups excluding carboxylic acids is 1. The zero-order valence-corrected chi connectivity index (χ0v) is 13.3. The number of nitrogens with zero attached hydrogens (tertiary/aromatic N) is 3. The van der Waals surface area contributed by atoms with Crippen LogP contribution in [0.3, 0.4) is 0 Å². The Hall–Kier alpha value is -2.89. The number of imidazole rings is 1. The van der Waals surface area contributed by atoms with Crippen molar-refractivity contribution in [3.8, 4) is 0 Å². The van der Waals surface area contributed by atoms with Crippen LogP contribution in [0.2, 0.25) is 0 Å². The third kappa shape index (κ3) is 2.95. The van der Waals surface area contributed by atoms with Crippen molar-refractivity contribution in [2.75, 3.05) is 18.4 Å². The van der Waals surface area contributed by atoms with Crippen molar-refractivity contribution in [3.63, 3.8) is 0 Å². The summed E-state index contributed by atoms with van der Waals surface area (Å²) >= 11 is 0. The SMILES string of the molecule is O=C(Nc1cccnc1)N1CCC[C@H](c2nc3ccccc3[nH]2)C1. The van der Waals surface area contributed by atoms with Crippen LogP contribution in [0.25, 0.3) is 11.0 Å². The van der Waals surface area contributed by atoms with Crippen LogP contribution >= 0.6 is 0 Å². The van der Waals surface area contributed by atoms with Gasteiger partial charge in [-0.1, -0.05) is 12.1 Å². The van der Waals surface area contributed by atoms with Crippen LogP contribution in [0.1, 0.15) is 24.6 Å². The van der Waals surface area contributed by atoms with Crippen LogP contribution in [0, 0.1) is 0 Å². The van der Waals surface area contributed by atoms with Gasteiger partial charge in [0, 0.05) is 25.2 Å². The summed E-state index contributed by atoms with van der Waals surface area (Å²) < 4.78 is 0. The first-order valence-electron chi connectivity index (χ1n) is 8.20. The maximum absolute atomic E-state index is 12.5. The van der Waals surface area contributed by atoms with E-state index in [2.05, 4.69) is 15.3 Å². The third-order valence-electron chi connectivity index (χ3n) is 4.42. The van der Waals surface area contributed by atoms with Gasteiger partial charge in [0.1, 0.15) is 5.82 Å². The Labute approximate surface area is 139 Å². The molecule has 0 aliphatic carbocycles. The zero-order chi connectivity index (χ0) is 16.4. The number of piperidine rings is 1. The Morgan fingerprint density at radius 3 is 3.00 bits per heavy atom. The fourth-order valence-corrected chi connectivity index (χ4v) is 3.19. The molecular formula is C18H19N5O. The lowest BCUT2D eigenvalue weighted by Gasteiger charge is -2.31. The number of fused-ring (bicyclic) bond motifs is 1. The van der Waals surface area contributed by atoms with Gasteiger partial charge in [-0.15, -0.1) is 0 Å². The van der Waals surface area contributed by atoms with Crippen LogP contribution in [0.5, 0.6) is 0 Å². The molecule has 0 radical (unpaired) electrons. The van der Waals surface area contributed by atoms with Crippen molar-refractivity contribution in [1.29, 1.82) is 0 Å². The molecule has 3 heterocycles. The minimum atomic E-state index is -0.0798. The van der Waals surface area contributed by atoms with Gasteiger partial charge in [0.25, 0.3) is 0 Å². The van der Waals surface area contributed by atoms with E-state index in [-0.39, 0.29) is 11.9 Å². The van der Waals surface area contributed by atoms with E-state index in [1.807, 2.05) is 41.3 Å². The van der Waals surface area contributed by atoms with Gasteiger partial charge >= 0.3 is 6.03 Å². The van der Waals surface area contributed by atoms with Gasteiger partial charge in [0.2, 0.25) is 0 Å². The Morgan fingerprint density at radius 2 is 2.17 bits per heavy atom. The average molecular weight is 321 g/mol. The van der Waals surface area contributed by atoms with E-state index in [9.17, 15) is 4.79 Å². The fraction of sp³-hybridized carbons (Fsp3) is 0.278. The Balaban J connectivity index is 1.48. The molecule has 0 spiro atoms. The molecule has 122 valence electrons. The molecule has 1 aromatic carbocycles. The highest BCUT2D eigenvalue weighted by molar-refractivity contribution is 5.89. The summed E-state index contributed by atoms with van der Waals surface area (Å²) in [5.41, 5.74) is 2.74. The lowest BCUT2D eigenvalue weighted by Crippen LogP contribution is -2.41. The number of anilines is 1. The van der Waals surface area contributed by atoms with Gasteiger partial charge in [-0.05, 0) is 37.1 Å². The quantitative estimate of drug-likeness (QED) is 0.760. The maximum Gasteiger partial charge on any atom is 0.321 e. The van der Waals surface area contributed by atoms with Crippen LogP contribution in [0.4, 0.5) is 10.5 Å². The summed E-state index contributed by atoms with van der Waals surface area (Å²) in [6.07, 6.45) is 5.35. The molecule has 2 amide bonds. The second-order valence-corrected chi connectivity index (χ2v) is 6.10. The molecule has 1 aliphatic heterocycles. The first-order valence-corrected chi connectivity index (χ1v) is 8.20. The lowest BCUT2D eigenvalue weighted by atomic mass is 9.97. The maximum atomic E-state index is 12.5. The number of H-pyrrole nitrogens is 1. The number of nitrogens with one attached hydrogen (secondary N) is 2. The standard InChI is InChI=1S/C18H19N5O/c24-18(20-14-6-3-9-19-11-14)23-10-4-5-13(12-23)17-21-15-7-1-2-8-16(15)22-17/h1-3,6-9,11,13H,4-5,10,12H2,(H,20,24)(H,21,22)/t13-/m0/s1. The highest BCUT2D eigenvalue weighted by Crippen LogP contribution is 2.27. The van der Waals surface area contributed by atoms with Gasteiger partial charge in [-0.2, -0.15) is 0 Å². The highest BCUT2D eigenvalue weighted by atomic mass is 16.2. The third-order valence-corrected chi connectivity index (χ3v) is 4.42. The van der Waals surface area contributed by atoms with Crippen molar-refractivity contribution in [2.24, 2.45) is 0 Å². The van der Waals surface area contributed by atoms with Crippen LogP contribution in [0.15, 0.2) is 48.8 Å². The number of likely N-dealkylation sites (tertiary alicyclic amines) is 1. The van der Waals surface area contributed by atoms with E-state index >= 15 is 0 Å². The summed E-state index contributed by atoms with van der Waals surface area (Å²) in [6, 6.07) is 11.6. The summed E-state index contributed by atoms with van der Waals surface area (Å²) in [4.78, 5) is 26.4. The van der Waals surface area contributed by atoms with E-state index in [4.69, 9.17) is 4.98 Å². The number of para-hydroxylation sites is 2. The number of aromatic amines is 1. The van der Waals surface area contributed by atoms with E-state index in [0.717, 1.165) is 36.2 Å². The van der Waals surface area contributed by atoms with Crippen molar-refractivity contribution < 1.29 is 4.79 Å². The molecule has 1 fully saturated rings. The predicted molar refractivity (Wildman–Crippen MR) is 92.9 cm³/mol. The number of carbonyl (C=O) groups is 1. The minimum Gasteiger partial charge on any atom is -0.342 e. The number of pyridine rings is 1. The second kappa shape index (κ2) is 6.31. The Morgan fingerprint density at radius 1 is 1.25 bits per heavy atom. The lowest BCUT2D eigenvalue weighted by molar-refractivity contribution is 0.191. The highest BCUT2D eigenvalue weighted by Gasteiger charge is 2.26. The van der Waals surface area contributed by atoms with Crippen molar-refractivity contribution in [1.82, 2.24) is 19.9 Å². The second-order valence-electron chi connectivity index (χ2n) is 6.10. The van der Waals surface area contributed by atoms with Crippen LogP contribution in [-0.2, 0) is 0 Å². The molecule has 2 aromatic heterocycles. The average Bonchev–Trinajstić information content (AvgIpc) is 3.07. The monoisotopic (exact) mass is 321 g/mol. The minimum absolute atomic E-state index is 0.0798. The molecule has 24 heavy (non-hydrogen) atoms. The molecule has 4 rings (SSSR count). The fourth-order valence-electron chi connectivity index (χ4n) is 3.19. The van der Waals surface area contributed by atoms with E-state index < -0.39 is 0 Å². The Bertz CT molecular complexity index is 812. The number of aromatic nitrogens is 3. The molecule has 1 saturated heterocycles. The van der Waals surface area contributed by atoms with Crippen molar-refractivity contribution in [3.05, 3.63) is 54.6 Å². The molecule has 0 unspecified atom stereocenters. The summed E-state index contributed by atoms with van der Waals surface area (Å²) in [5, 5.41) is 2.90. The smallest absolute Gasteiger partial charge is 0.321 e. The molecular weight excluding hydrogens is 302 g/mol. The topological polar surface area (TPSA) is 73.9 Å². The van der Waals surface area contributed by atoms with E-state index in [0.29, 0.717) is 12.2 Å². The van der Waals surface area contributed by atoms with Crippen LogP contribution < -0.4 is 5.32 Å². The molecule has 1 atom stereocenters. The van der Waals surface area contributed by atoms with Gasteiger partial charge in [-0.25, -0.2) is 9.78 Å². The number of urea groups is 1. The largest absolute Gasteiger partial charge is 0.342 e. The van der Waals surface area contributed by atoms with Crippen molar-refractivity contribution in [2.45, 2.75) is 18.8 Å². The molecule has 2 N–H and O–H groups in total. The van der Waals surface area contributed by atoms with Gasteiger partial charge < -0.3 is 15.2 Å². The number of benzene rings is 1. The van der Waals surface area contributed by atoms with Crippen molar-refractivity contribution >= 4 is 22.8 Å². The number of amides is 2. The van der Waals surface area contributed by atoms with Gasteiger partial charge in [0.15, 0.2) is 0 Å². The molecule has 0 saturated carbocycles. The van der Waals surface area contributed by atoms with E-state index in [1.54, 1.807) is 12.4 Å². The first-order chi connectivity index (χ1) is 11.8. The predicted octanol–water partition coefficient (Wildman–Crippen LogP) is 3.37. The summed E-state index contributed by atoms with van der Waals surface area (Å²) in [5.74, 6) is 1.21. The van der Waals surface area contributed by atoms with E-state index in [1.165, 1.54) is 0 Å². The summed E-state index contributed by atoms with van der Waals surface area (Å²) in [6.45, 7) is 1.44. The number of hydrogen-bond acceptors (Lipinski definition) is 3. The Kier molecular flexibility index (Phi) is 3.86. The number of rotatable bonds is 2. The molecule has 1 aliphatic rings. The molecule has 6 heteroatoms. The first kappa shape index (κ1) is 14.7. The normalized spacial score (nSPS) is 17.8. The van der Waals surface area contributed by atoms with Gasteiger partial charge in [-0.3, -0.25) is 4.98 Å². The van der Waals surface area contributed by atoms with Crippen LogP contribution in [-0.4, -0.2) is 39.0 Å². The molecule has 0 bridgehead atoms. The molecule has 3 aromatic rings. The van der Waals surface area contributed by atoms with Gasteiger partial charge in [0.05, 0.1) is 22.9 Å².